The lowest BCUT2D eigenvalue weighted by atomic mass is 9.71. The lowest BCUT2D eigenvalue weighted by Crippen LogP contribution is -2.61. The molecule has 3 heterocycles. The second-order valence-corrected chi connectivity index (χ2v) is 8.06. The number of nitrogens with one attached hydrogen (secondary N) is 1. The standard InChI is InChI=1S/C20H29N3O2.ClH/c24-19(25-14-17-4-2-1-3-5-17)23-10-7-20(8-11-23)15-22(16-20)13-18-6-9-21-12-18;/h1-5,18,21H,6-16H2;1H/t18-;/m1./s1. The Morgan fingerprint density at radius 2 is 1.92 bits per heavy atom. The van der Waals surface area contributed by atoms with Crippen molar-refractivity contribution in [2.75, 3.05) is 45.8 Å². The Hall–Kier alpha value is -1.30. The van der Waals surface area contributed by atoms with Crippen LogP contribution in [0, 0.1) is 11.3 Å². The molecule has 3 fully saturated rings. The van der Waals surface area contributed by atoms with Gasteiger partial charge < -0.3 is 19.9 Å². The summed E-state index contributed by atoms with van der Waals surface area (Å²) in [5.74, 6) is 0.838. The van der Waals surface area contributed by atoms with Gasteiger partial charge in [0, 0.05) is 32.7 Å². The van der Waals surface area contributed by atoms with Crippen LogP contribution in [0.3, 0.4) is 0 Å². The maximum absolute atomic E-state index is 12.3. The van der Waals surface area contributed by atoms with Gasteiger partial charge in [-0.25, -0.2) is 4.79 Å². The molecular weight excluding hydrogens is 350 g/mol. The van der Waals surface area contributed by atoms with Gasteiger partial charge in [-0.2, -0.15) is 0 Å². The van der Waals surface area contributed by atoms with Crippen LogP contribution in [0.1, 0.15) is 24.8 Å². The van der Waals surface area contributed by atoms with Gasteiger partial charge in [-0.15, -0.1) is 12.4 Å². The molecule has 6 heteroatoms. The number of nitrogens with zero attached hydrogens (tertiary/aromatic N) is 2. The smallest absolute Gasteiger partial charge is 0.410 e. The highest BCUT2D eigenvalue weighted by Crippen LogP contribution is 2.41. The highest BCUT2D eigenvalue weighted by molar-refractivity contribution is 5.85. The fraction of sp³-hybridized carbons (Fsp3) is 0.650. The Morgan fingerprint density at radius 3 is 2.58 bits per heavy atom. The van der Waals surface area contributed by atoms with E-state index in [2.05, 4.69) is 10.2 Å². The van der Waals surface area contributed by atoms with Gasteiger partial charge in [0.2, 0.25) is 0 Å². The first kappa shape index (κ1) is 19.5. The molecule has 0 radical (unpaired) electrons. The number of amides is 1. The Balaban J connectivity index is 0.00000196. The zero-order valence-corrected chi connectivity index (χ0v) is 16.2. The molecule has 1 amide bonds. The van der Waals surface area contributed by atoms with Crippen molar-refractivity contribution in [3.05, 3.63) is 35.9 Å². The Kier molecular flexibility index (Phi) is 6.43. The lowest BCUT2D eigenvalue weighted by molar-refractivity contribution is -0.0506. The monoisotopic (exact) mass is 379 g/mol. The van der Waals surface area contributed by atoms with Crippen molar-refractivity contribution in [3.8, 4) is 0 Å². The molecule has 3 aliphatic heterocycles. The number of carbonyl (C=O) groups excluding carboxylic acids is 1. The van der Waals surface area contributed by atoms with Crippen LogP contribution in [0.5, 0.6) is 0 Å². The highest BCUT2D eigenvalue weighted by atomic mass is 35.5. The van der Waals surface area contributed by atoms with Gasteiger partial charge in [0.1, 0.15) is 6.61 Å². The lowest BCUT2D eigenvalue weighted by Gasteiger charge is -2.54. The molecule has 3 saturated heterocycles. The molecule has 1 N–H and O–H groups in total. The maximum Gasteiger partial charge on any atom is 0.410 e. The van der Waals surface area contributed by atoms with Gasteiger partial charge in [0.15, 0.2) is 0 Å². The molecule has 0 unspecified atom stereocenters. The topological polar surface area (TPSA) is 44.8 Å². The number of benzene rings is 1. The van der Waals surface area contributed by atoms with Gasteiger partial charge >= 0.3 is 6.09 Å². The third-order valence-electron chi connectivity index (χ3n) is 6.08. The molecule has 4 rings (SSSR count). The summed E-state index contributed by atoms with van der Waals surface area (Å²) in [5.41, 5.74) is 1.50. The van der Waals surface area contributed by atoms with Crippen molar-refractivity contribution >= 4 is 18.5 Å². The quantitative estimate of drug-likeness (QED) is 0.873. The summed E-state index contributed by atoms with van der Waals surface area (Å²) in [6.45, 7) is 8.10. The number of rotatable bonds is 4. The summed E-state index contributed by atoms with van der Waals surface area (Å²) in [6, 6.07) is 9.89. The SMILES string of the molecule is Cl.O=C(OCc1ccccc1)N1CCC2(CC1)CN(C[C@@H]1CCNC1)C2. The first-order valence-corrected chi connectivity index (χ1v) is 9.61. The molecule has 3 aliphatic rings. The minimum Gasteiger partial charge on any atom is -0.445 e. The molecule has 5 nitrogen and oxygen atoms in total. The van der Waals surface area contributed by atoms with Crippen LogP contribution in [0.15, 0.2) is 30.3 Å². The molecule has 1 atom stereocenters. The molecule has 26 heavy (non-hydrogen) atoms. The fourth-order valence-electron chi connectivity index (χ4n) is 4.56. The number of hydrogen-bond donors (Lipinski definition) is 1. The molecule has 144 valence electrons. The van der Waals surface area contributed by atoms with Crippen molar-refractivity contribution in [2.24, 2.45) is 11.3 Å². The van der Waals surface area contributed by atoms with Gasteiger partial charge in [0.05, 0.1) is 0 Å². The highest BCUT2D eigenvalue weighted by Gasteiger charge is 2.45. The summed E-state index contributed by atoms with van der Waals surface area (Å²) >= 11 is 0. The van der Waals surface area contributed by atoms with Gasteiger partial charge in [0.25, 0.3) is 0 Å². The predicted molar refractivity (Wildman–Crippen MR) is 105 cm³/mol. The second-order valence-electron chi connectivity index (χ2n) is 8.06. The number of carbonyl (C=O) groups is 1. The Labute approximate surface area is 162 Å². The number of halogens is 1. The normalized spacial score (nSPS) is 24.8. The molecule has 1 aromatic carbocycles. The van der Waals surface area contributed by atoms with Crippen molar-refractivity contribution in [1.82, 2.24) is 15.1 Å². The van der Waals surface area contributed by atoms with Gasteiger partial charge in [-0.05, 0) is 49.2 Å². The first-order valence-electron chi connectivity index (χ1n) is 9.61. The zero-order chi connectivity index (χ0) is 17.1. The van der Waals surface area contributed by atoms with Crippen LogP contribution in [0.4, 0.5) is 4.79 Å². The molecule has 0 saturated carbocycles. The van der Waals surface area contributed by atoms with E-state index in [9.17, 15) is 4.79 Å². The molecule has 1 aromatic rings. The number of ether oxygens (including phenoxy) is 1. The molecular formula is C20H30ClN3O2. The average Bonchev–Trinajstić information content (AvgIpc) is 3.13. The zero-order valence-electron chi connectivity index (χ0n) is 15.4. The largest absolute Gasteiger partial charge is 0.445 e. The number of hydrogen-bond acceptors (Lipinski definition) is 4. The van der Waals surface area contributed by atoms with Crippen LogP contribution < -0.4 is 5.32 Å². The third kappa shape index (κ3) is 4.51. The van der Waals surface area contributed by atoms with Crippen LogP contribution in [-0.2, 0) is 11.3 Å². The minimum atomic E-state index is -0.160. The Morgan fingerprint density at radius 1 is 1.19 bits per heavy atom. The van der Waals surface area contributed by atoms with Crippen LogP contribution in [0.25, 0.3) is 0 Å². The van der Waals surface area contributed by atoms with Crippen LogP contribution in [0.2, 0.25) is 0 Å². The van der Waals surface area contributed by atoms with E-state index in [1.54, 1.807) is 0 Å². The van der Waals surface area contributed by atoms with E-state index in [4.69, 9.17) is 4.74 Å². The maximum atomic E-state index is 12.3. The van der Waals surface area contributed by atoms with Crippen molar-refractivity contribution in [3.63, 3.8) is 0 Å². The van der Waals surface area contributed by atoms with Gasteiger partial charge in [-0.1, -0.05) is 30.3 Å². The average molecular weight is 380 g/mol. The van der Waals surface area contributed by atoms with Crippen LogP contribution in [-0.4, -0.2) is 61.7 Å². The number of piperidine rings is 1. The summed E-state index contributed by atoms with van der Waals surface area (Å²) in [4.78, 5) is 16.8. The Bertz CT molecular complexity index is 576. The van der Waals surface area contributed by atoms with Crippen molar-refractivity contribution in [2.45, 2.75) is 25.9 Å². The molecule has 0 bridgehead atoms. The number of likely N-dealkylation sites (tertiary alicyclic amines) is 2. The molecule has 0 aliphatic carbocycles. The second kappa shape index (κ2) is 8.59. The fourth-order valence-corrected chi connectivity index (χ4v) is 4.56. The van der Waals surface area contributed by atoms with E-state index in [1.165, 1.54) is 39.1 Å². The summed E-state index contributed by atoms with van der Waals surface area (Å²) < 4.78 is 5.47. The summed E-state index contributed by atoms with van der Waals surface area (Å²) in [5, 5.41) is 3.45. The predicted octanol–water partition coefficient (Wildman–Crippen LogP) is 2.75. The van der Waals surface area contributed by atoms with E-state index in [-0.39, 0.29) is 18.5 Å². The van der Waals surface area contributed by atoms with E-state index in [0.717, 1.165) is 37.4 Å². The summed E-state index contributed by atoms with van der Waals surface area (Å²) in [6.07, 6.45) is 3.40. The molecule has 0 aromatic heterocycles. The first-order chi connectivity index (χ1) is 12.2. The van der Waals surface area contributed by atoms with E-state index < -0.39 is 0 Å². The van der Waals surface area contributed by atoms with Gasteiger partial charge in [-0.3, -0.25) is 0 Å². The minimum absolute atomic E-state index is 0. The van der Waals surface area contributed by atoms with E-state index >= 15 is 0 Å². The summed E-state index contributed by atoms with van der Waals surface area (Å²) in [7, 11) is 0. The van der Waals surface area contributed by atoms with Crippen LogP contribution >= 0.6 is 12.4 Å². The van der Waals surface area contributed by atoms with E-state index in [0.29, 0.717) is 12.0 Å². The van der Waals surface area contributed by atoms with Crippen molar-refractivity contribution in [1.29, 1.82) is 0 Å². The van der Waals surface area contributed by atoms with Crippen molar-refractivity contribution < 1.29 is 9.53 Å². The molecule has 1 spiro atoms. The van der Waals surface area contributed by atoms with E-state index in [1.807, 2.05) is 35.2 Å². The third-order valence-corrected chi connectivity index (χ3v) is 6.08.